The van der Waals surface area contributed by atoms with Gasteiger partial charge in [0.05, 0.1) is 22.5 Å². The highest BCUT2D eigenvalue weighted by Crippen LogP contribution is 2.33. The number of pyridine rings is 1. The molecular weight excluding hydrogens is 373 g/mol. The summed E-state index contributed by atoms with van der Waals surface area (Å²) in [6.07, 6.45) is 1.69. The summed E-state index contributed by atoms with van der Waals surface area (Å²) in [5.41, 5.74) is 4.10. The normalized spacial score (nSPS) is 11.0. The predicted molar refractivity (Wildman–Crippen MR) is 110 cm³/mol. The number of halogens is 1. The molecule has 6 heteroatoms. The Hall–Kier alpha value is -3.12. The van der Waals surface area contributed by atoms with Gasteiger partial charge in [-0.2, -0.15) is 0 Å². The van der Waals surface area contributed by atoms with Crippen LogP contribution in [0.15, 0.2) is 60.8 Å². The lowest BCUT2D eigenvalue weighted by Crippen LogP contribution is -2.30. The van der Waals surface area contributed by atoms with Gasteiger partial charge in [-0.15, -0.1) is 0 Å². The van der Waals surface area contributed by atoms with Crippen molar-refractivity contribution < 1.29 is 9.18 Å². The molecule has 0 aliphatic carbocycles. The molecule has 0 spiro atoms. The molecule has 2 aromatic carbocycles. The van der Waals surface area contributed by atoms with Gasteiger partial charge >= 0.3 is 0 Å². The number of nitrogens with zero attached hydrogens (tertiary/aromatic N) is 3. The van der Waals surface area contributed by atoms with E-state index >= 15 is 0 Å². The van der Waals surface area contributed by atoms with E-state index in [0.29, 0.717) is 5.13 Å². The van der Waals surface area contributed by atoms with Crippen molar-refractivity contribution >= 4 is 32.6 Å². The van der Waals surface area contributed by atoms with Gasteiger partial charge < -0.3 is 0 Å². The topological polar surface area (TPSA) is 46.1 Å². The molecule has 2 heterocycles. The van der Waals surface area contributed by atoms with E-state index in [2.05, 4.69) is 17.1 Å². The van der Waals surface area contributed by atoms with E-state index in [1.54, 1.807) is 17.2 Å². The fraction of sp³-hybridized carbons (Fsp3) is 0.136. The fourth-order valence-corrected chi connectivity index (χ4v) is 4.27. The quantitative estimate of drug-likeness (QED) is 0.475. The third-order valence-corrected chi connectivity index (χ3v) is 5.44. The van der Waals surface area contributed by atoms with E-state index in [-0.39, 0.29) is 18.0 Å². The lowest BCUT2D eigenvalue weighted by atomic mass is 10.1. The van der Waals surface area contributed by atoms with Crippen molar-refractivity contribution in [2.24, 2.45) is 0 Å². The van der Waals surface area contributed by atoms with Gasteiger partial charge in [0.15, 0.2) is 5.13 Å². The van der Waals surface area contributed by atoms with Crippen molar-refractivity contribution in [3.05, 3.63) is 89.0 Å². The molecule has 1 amide bonds. The molecule has 0 saturated heterocycles. The first-order valence-electron chi connectivity index (χ1n) is 8.86. The van der Waals surface area contributed by atoms with Gasteiger partial charge in [0.25, 0.3) is 5.91 Å². The molecule has 0 aliphatic rings. The maximum absolute atomic E-state index is 13.7. The lowest BCUT2D eigenvalue weighted by molar-refractivity contribution is 0.0984. The van der Waals surface area contributed by atoms with Crippen LogP contribution < -0.4 is 4.90 Å². The maximum atomic E-state index is 13.7. The largest absolute Gasteiger partial charge is 0.278 e. The molecule has 0 aliphatic heterocycles. The number of carbonyl (C=O) groups is 1. The minimum Gasteiger partial charge on any atom is -0.278 e. The Morgan fingerprint density at radius 1 is 1.11 bits per heavy atom. The minimum absolute atomic E-state index is 0.258. The highest BCUT2D eigenvalue weighted by atomic mass is 32.1. The van der Waals surface area contributed by atoms with Crippen molar-refractivity contribution in [2.75, 3.05) is 4.90 Å². The first-order valence-corrected chi connectivity index (χ1v) is 9.68. The number of fused-ring (bicyclic) bond motifs is 1. The van der Waals surface area contributed by atoms with E-state index in [0.717, 1.165) is 27.0 Å². The summed E-state index contributed by atoms with van der Waals surface area (Å²) in [6, 6.07) is 15.4. The second-order valence-electron chi connectivity index (χ2n) is 6.65. The van der Waals surface area contributed by atoms with Crippen LogP contribution in [-0.2, 0) is 6.54 Å². The Morgan fingerprint density at radius 3 is 2.71 bits per heavy atom. The molecule has 0 saturated carbocycles. The van der Waals surface area contributed by atoms with Gasteiger partial charge in [0.2, 0.25) is 0 Å². The zero-order chi connectivity index (χ0) is 19.7. The van der Waals surface area contributed by atoms with E-state index in [1.165, 1.54) is 29.5 Å². The summed E-state index contributed by atoms with van der Waals surface area (Å²) < 4.78 is 14.7. The van der Waals surface area contributed by atoms with Crippen LogP contribution in [0.2, 0.25) is 0 Å². The second kappa shape index (κ2) is 7.48. The van der Waals surface area contributed by atoms with E-state index < -0.39 is 5.82 Å². The number of benzene rings is 2. The first-order chi connectivity index (χ1) is 13.5. The molecular formula is C22H18FN3OS. The third kappa shape index (κ3) is 3.64. The molecule has 0 bridgehead atoms. The molecule has 140 valence electrons. The van der Waals surface area contributed by atoms with Gasteiger partial charge in [0.1, 0.15) is 5.82 Å². The number of amides is 1. The summed E-state index contributed by atoms with van der Waals surface area (Å²) in [6.45, 7) is 4.31. The predicted octanol–water partition coefficient (Wildman–Crippen LogP) is 5.29. The number of rotatable bonds is 4. The highest BCUT2D eigenvalue weighted by molar-refractivity contribution is 7.22. The van der Waals surface area contributed by atoms with Crippen molar-refractivity contribution in [3.63, 3.8) is 0 Å². The van der Waals surface area contributed by atoms with Crippen LogP contribution in [0.1, 0.15) is 27.2 Å². The van der Waals surface area contributed by atoms with Crippen LogP contribution in [0.3, 0.4) is 0 Å². The first kappa shape index (κ1) is 18.3. The third-order valence-electron chi connectivity index (χ3n) is 4.41. The minimum atomic E-state index is -0.445. The average molecular weight is 391 g/mol. The summed E-state index contributed by atoms with van der Waals surface area (Å²) in [7, 11) is 0. The Labute approximate surface area is 166 Å². The molecule has 0 fully saturated rings. The smallest absolute Gasteiger partial charge is 0.260 e. The maximum Gasteiger partial charge on any atom is 0.260 e. The van der Waals surface area contributed by atoms with Crippen LogP contribution in [0, 0.1) is 19.7 Å². The molecule has 28 heavy (non-hydrogen) atoms. The van der Waals surface area contributed by atoms with Crippen LogP contribution >= 0.6 is 11.3 Å². The number of anilines is 1. The van der Waals surface area contributed by atoms with Crippen molar-refractivity contribution in [3.8, 4) is 0 Å². The van der Waals surface area contributed by atoms with Crippen LogP contribution in [-0.4, -0.2) is 15.9 Å². The molecule has 4 nitrogen and oxygen atoms in total. The Morgan fingerprint density at radius 2 is 1.96 bits per heavy atom. The van der Waals surface area contributed by atoms with Gasteiger partial charge in [-0.25, -0.2) is 9.37 Å². The Kier molecular flexibility index (Phi) is 4.88. The lowest BCUT2D eigenvalue weighted by Gasteiger charge is -2.19. The number of carbonyl (C=O) groups excluding carboxylic acids is 1. The standard InChI is InChI=1S/C22H18FN3OS/c1-14-10-15(2)20-19(11-14)28-22(25-20)26(13-18-8-3-4-9-24-18)21(27)16-6-5-7-17(23)12-16/h3-12H,13H2,1-2H3. The van der Waals surface area contributed by atoms with Gasteiger partial charge in [-0.3, -0.25) is 14.7 Å². The van der Waals surface area contributed by atoms with E-state index in [1.807, 2.05) is 32.0 Å². The zero-order valence-electron chi connectivity index (χ0n) is 15.5. The summed E-state index contributed by atoms with van der Waals surface area (Å²) in [4.78, 5) is 23.8. The summed E-state index contributed by atoms with van der Waals surface area (Å²) in [5.74, 6) is -0.752. The molecule has 2 aromatic heterocycles. The summed E-state index contributed by atoms with van der Waals surface area (Å²) >= 11 is 1.45. The van der Waals surface area contributed by atoms with Crippen molar-refractivity contribution in [1.82, 2.24) is 9.97 Å². The zero-order valence-corrected chi connectivity index (χ0v) is 16.3. The fourth-order valence-electron chi connectivity index (χ4n) is 3.13. The van der Waals surface area contributed by atoms with Crippen LogP contribution in [0.5, 0.6) is 0 Å². The number of aryl methyl sites for hydroxylation is 2. The molecule has 0 unspecified atom stereocenters. The van der Waals surface area contributed by atoms with Crippen molar-refractivity contribution in [1.29, 1.82) is 0 Å². The number of thiazole rings is 1. The second-order valence-corrected chi connectivity index (χ2v) is 7.66. The molecule has 4 rings (SSSR count). The molecule has 0 radical (unpaired) electrons. The van der Waals surface area contributed by atoms with E-state index in [9.17, 15) is 9.18 Å². The SMILES string of the molecule is Cc1cc(C)c2nc(N(Cc3ccccn3)C(=O)c3cccc(F)c3)sc2c1. The van der Waals surface area contributed by atoms with Crippen molar-refractivity contribution in [2.45, 2.75) is 20.4 Å². The average Bonchev–Trinajstić information content (AvgIpc) is 3.10. The van der Waals surface area contributed by atoms with Gasteiger partial charge in [-0.1, -0.05) is 29.5 Å². The molecule has 4 aromatic rings. The molecule has 0 N–H and O–H groups in total. The Balaban J connectivity index is 1.80. The van der Waals surface area contributed by atoms with Gasteiger partial charge in [-0.05, 0) is 61.4 Å². The van der Waals surface area contributed by atoms with Crippen LogP contribution in [0.4, 0.5) is 9.52 Å². The Bertz CT molecular complexity index is 1160. The monoisotopic (exact) mass is 391 g/mol. The van der Waals surface area contributed by atoms with Gasteiger partial charge in [0, 0.05) is 11.8 Å². The highest BCUT2D eigenvalue weighted by Gasteiger charge is 2.23. The summed E-state index contributed by atoms with van der Waals surface area (Å²) in [5, 5.41) is 0.573. The number of hydrogen-bond donors (Lipinski definition) is 0. The number of hydrogen-bond acceptors (Lipinski definition) is 4. The molecule has 0 atom stereocenters. The van der Waals surface area contributed by atoms with Crippen LogP contribution in [0.25, 0.3) is 10.2 Å². The van der Waals surface area contributed by atoms with E-state index in [4.69, 9.17) is 4.98 Å². The number of aromatic nitrogens is 2.